The summed E-state index contributed by atoms with van der Waals surface area (Å²) in [5, 5.41) is -2.34. The van der Waals surface area contributed by atoms with E-state index in [0.29, 0.717) is 0 Å². The number of rotatable bonds is 8. The second-order valence-electron chi connectivity index (χ2n) is 3.30. The third-order valence-corrected chi connectivity index (χ3v) is 2.74. The van der Waals surface area contributed by atoms with Crippen LogP contribution in [-0.4, -0.2) is 50.0 Å². The largest absolute Gasteiger partial charge is 0.461 e. The van der Waals surface area contributed by atoms with Crippen molar-refractivity contribution in [3.8, 4) is 0 Å². The summed E-state index contributed by atoms with van der Waals surface area (Å²) < 4.78 is 62.7. The van der Waals surface area contributed by atoms with Gasteiger partial charge in [-0.2, -0.15) is 17.2 Å². The molecule has 1 amide bonds. The Morgan fingerprint density at radius 3 is 2.40 bits per heavy atom. The van der Waals surface area contributed by atoms with Crippen molar-refractivity contribution in [3.63, 3.8) is 0 Å². The van der Waals surface area contributed by atoms with Gasteiger partial charge in [-0.15, -0.1) is 0 Å². The van der Waals surface area contributed by atoms with Gasteiger partial charge < -0.3 is 14.8 Å². The van der Waals surface area contributed by atoms with Gasteiger partial charge in [0.2, 0.25) is 0 Å². The number of alkyl halides is 2. The number of carbonyl (C=O) groups is 2. The smallest absolute Gasteiger partial charge is 0.407 e. The summed E-state index contributed by atoms with van der Waals surface area (Å²) in [6.45, 7) is 1.89. The lowest BCUT2D eigenvalue weighted by Crippen LogP contribution is -2.32. The molecule has 0 unspecified atom stereocenters. The SMILES string of the molecule is C=CC(=O)OCCNC(=O)OCCC(F)(F)S(=O)(=O)O. The molecule has 0 rings (SSSR count). The van der Waals surface area contributed by atoms with Crippen LogP contribution in [-0.2, 0) is 24.4 Å². The summed E-state index contributed by atoms with van der Waals surface area (Å²) in [6.07, 6.45) is -1.58. The maximum absolute atomic E-state index is 12.7. The molecule has 0 spiro atoms. The highest BCUT2D eigenvalue weighted by atomic mass is 32.2. The predicted molar refractivity (Wildman–Crippen MR) is 61.6 cm³/mol. The number of carbonyl (C=O) groups excluding carboxylic acids is 2. The number of ether oxygens (including phenoxy) is 2. The predicted octanol–water partition coefficient (Wildman–Crippen LogP) is 0.313. The summed E-state index contributed by atoms with van der Waals surface area (Å²) in [4.78, 5) is 21.5. The average Bonchev–Trinajstić information content (AvgIpc) is 2.32. The molecule has 116 valence electrons. The van der Waals surface area contributed by atoms with Gasteiger partial charge in [0, 0.05) is 6.08 Å². The number of hydrogen-bond acceptors (Lipinski definition) is 6. The van der Waals surface area contributed by atoms with Crippen LogP contribution < -0.4 is 5.32 Å². The topological polar surface area (TPSA) is 119 Å². The minimum absolute atomic E-state index is 0.132. The lowest BCUT2D eigenvalue weighted by molar-refractivity contribution is -0.137. The molecule has 0 saturated carbocycles. The summed E-state index contributed by atoms with van der Waals surface area (Å²) in [7, 11) is -5.55. The molecule has 0 heterocycles. The number of amides is 1. The van der Waals surface area contributed by atoms with Crippen LogP contribution in [0.3, 0.4) is 0 Å². The van der Waals surface area contributed by atoms with E-state index in [-0.39, 0.29) is 13.2 Å². The molecule has 20 heavy (non-hydrogen) atoms. The summed E-state index contributed by atoms with van der Waals surface area (Å²) >= 11 is 0. The fourth-order valence-electron chi connectivity index (χ4n) is 0.806. The third-order valence-electron chi connectivity index (χ3n) is 1.79. The Morgan fingerprint density at radius 2 is 1.90 bits per heavy atom. The first-order chi connectivity index (χ1) is 9.10. The van der Waals surface area contributed by atoms with E-state index in [1.54, 1.807) is 0 Å². The van der Waals surface area contributed by atoms with Crippen molar-refractivity contribution >= 4 is 22.2 Å². The first kappa shape index (κ1) is 18.2. The zero-order valence-electron chi connectivity index (χ0n) is 10.2. The van der Waals surface area contributed by atoms with Gasteiger partial charge in [0.1, 0.15) is 13.2 Å². The summed E-state index contributed by atoms with van der Waals surface area (Å²) in [6, 6.07) is 0. The highest BCUT2D eigenvalue weighted by Gasteiger charge is 2.43. The molecule has 0 aromatic carbocycles. The molecule has 8 nitrogen and oxygen atoms in total. The van der Waals surface area contributed by atoms with Gasteiger partial charge in [-0.3, -0.25) is 4.55 Å². The lowest BCUT2D eigenvalue weighted by Gasteiger charge is -2.12. The first-order valence-corrected chi connectivity index (χ1v) is 6.59. The first-order valence-electron chi connectivity index (χ1n) is 5.15. The van der Waals surface area contributed by atoms with Crippen molar-refractivity contribution in [1.29, 1.82) is 0 Å². The van der Waals surface area contributed by atoms with Crippen molar-refractivity contribution < 1.29 is 40.8 Å². The van der Waals surface area contributed by atoms with Gasteiger partial charge in [-0.25, -0.2) is 9.59 Å². The van der Waals surface area contributed by atoms with Crippen molar-refractivity contribution in [3.05, 3.63) is 12.7 Å². The van der Waals surface area contributed by atoms with Gasteiger partial charge in [0.05, 0.1) is 13.0 Å². The third kappa shape index (κ3) is 6.99. The van der Waals surface area contributed by atoms with Crippen LogP contribution in [0, 0.1) is 0 Å². The molecule has 0 aliphatic carbocycles. The van der Waals surface area contributed by atoms with Gasteiger partial charge in [-0.1, -0.05) is 6.58 Å². The molecule has 0 aromatic heterocycles. The minimum atomic E-state index is -5.55. The number of halogens is 2. The van der Waals surface area contributed by atoms with Gasteiger partial charge in [-0.05, 0) is 0 Å². The van der Waals surface area contributed by atoms with Gasteiger partial charge >= 0.3 is 27.4 Å². The summed E-state index contributed by atoms with van der Waals surface area (Å²) in [5.74, 6) is -0.701. The molecule has 0 aromatic rings. The molecule has 0 saturated heterocycles. The van der Waals surface area contributed by atoms with E-state index in [2.05, 4.69) is 21.4 Å². The maximum atomic E-state index is 12.7. The van der Waals surface area contributed by atoms with Crippen LogP contribution >= 0.6 is 0 Å². The van der Waals surface area contributed by atoms with Crippen LogP contribution in [0.1, 0.15) is 6.42 Å². The highest BCUT2D eigenvalue weighted by Crippen LogP contribution is 2.24. The molecular formula is C9H13F2NO7S. The Hall–Kier alpha value is -1.75. The van der Waals surface area contributed by atoms with Gasteiger partial charge in [0.25, 0.3) is 0 Å². The molecular weight excluding hydrogens is 304 g/mol. The Balaban J connectivity index is 3.85. The minimum Gasteiger partial charge on any atom is -0.461 e. The normalized spacial score (nSPS) is 11.6. The van der Waals surface area contributed by atoms with E-state index in [1.807, 2.05) is 0 Å². The quantitative estimate of drug-likeness (QED) is 0.286. The van der Waals surface area contributed by atoms with E-state index in [4.69, 9.17) is 4.55 Å². The molecule has 11 heteroatoms. The van der Waals surface area contributed by atoms with Crippen LogP contribution in [0.5, 0.6) is 0 Å². The molecule has 0 aliphatic rings. The standard InChI is InChI=1S/C9H13F2NO7S/c1-2-7(13)18-6-4-12-8(14)19-5-3-9(10,11)20(15,16)17/h2H,1,3-6H2,(H,12,14)(H,15,16,17). The van der Waals surface area contributed by atoms with Crippen LogP contribution in [0.25, 0.3) is 0 Å². The Morgan fingerprint density at radius 1 is 1.30 bits per heavy atom. The molecule has 0 radical (unpaired) electrons. The molecule has 0 aliphatic heterocycles. The van der Waals surface area contributed by atoms with Crippen molar-refractivity contribution in [1.82, 2.24) is 5.32 Å². The van der Waals surface area contributed by atoms with E-state index in [1.165, 1.54) is 0 Å². The zero-order valence-corrected chi connectivity index (χ0v) is 11.0. The fourth-order valence-corrected chi connectivity index (χ4v) is 1.15. The molecule has 0 fully saturated rings. The fraction of sp³-hybridized carbons (Fsp3) is 0.556. The van der Waals surface area contributed by atoms with E-state index in [9.17, 15) is 26.8 Å². The van der Waals surface area contributed by atoms with E-state index < -0.39 is 40.5 Å². The number of alkyl carbamates (subject to hydrolysis) is 1. The van der Waals surface area contributed by atoms with E-state index >= 15 is 0 Å². The maximum Gasteiger partial charge on any atom is 0.407 e. The van der Waals surface area contributed by atoms with Crippen LogP contribution in [0.2, 0.25) is 0 Å². The molecule has 0 bridgehead atoms. The monoisotopic (exact) mass is 317 g/mol. The highest BCUT2D eigenvalue weighted by molar-refractivity contribution is 7.86. The Kier molecular flexibility index (Phi) is 7.07. The number of nitrogens with one attached hydrogen (secondary N) is 1. The van der Waals surface area contributed by atoms with Gasteiger partial charge in [0.15, 0.2) is 0 Å². The zero-order chi connectivity index (χ0) is 15.8. The summed E-state index contributed by atoms with van der Waals surface area (Å²) in [5.41, 5.74) is 0. The van der Waals surface area contributed by atoms with Crippen LogP contribution in [0.4, 0.5) is 13.6 Å². The van der Waals surface area contributed by atoms with E-state index in [0.717, 1.165) is 6.08 Å². The Labute approximate surface area is 113 Å². The van der Waals surface area contributed by atoms with Crippen molar-refractivity contribution in [2.45, 2.75) is 11.7 Å². The number of esters is 1. The second-order valence-corrected chi connectivity index (χ2v) is 4.84. The molecule has 2 N–H and O–H groups in total. The lowest BCUT2D eigenvalue weighted by atomic mass is 10.5. The van der Waals surface area contributed by atoms with Crippen molar-refractivity contribution in [2.24, 2.45) is 0 Å². The molecule has 0 atom stereocenters. The second kappa shape index (κ2) is 7.75. The Bertz CT molecular complexity index is 463. The number of hydrogen-bond donors (Lipinski definition) is 2. The van der Waals surface area contributed by atoms with Crippen LogP contribution in [0.15, 0.2) is 12.7 Å². The average molecular weight is 317 g/mol. The van der Waals surface area contributed by atoms with Crippen molar-refractivity contribution in [2.75, 3.05) is 19.8 Å².